The zero-order valence-corrected chi connectivity index (χ0v) is 21.5. The van der Waals surface area contributed by atoms with Crippen LogP contribution in [0.1, 0.15) is 27.8 Å². The third-order valence-corrected chi connectivity index (χ3v) is 7.74. The number of hydrogen-bond donors (Lipinski definition) is 2. The van der Waals surface area contributed by atoms with Gasteiger partial charge in [0.2, 0.25) is 0 Å². The summed E-state index contributed by atoms with van der Waals surface area (Å²) in [5.74, 6) is 0.0653. The zero-order chi connectivity index (χ0) is 25.5. The van der Waals surface area contributed by atoms with Crippen molar-refractivity contribution in [3.63, 3.8) is 0 Å². The number of anilines is 1. The maximum Gasteiger partial charge on any atom is 0.126 e. The molecule has 184 valence electrons. The summed E-state index contributed by atoms with van der Waals surface area (Å²) in [5.41, 5.74) is 6.32. The van der Waals surface area contributed by atoms with Gasteiger partial charge in [-0.3, -0.25) is 0 Å². The Morgan fingerprint density at radius 1 is 0.595 bits per heavy atom. The first-order valence-electron chi connectivity index (χ1n) is 12.4. The van der Waals surface area contributed by atoms with Crippen molar-refractivity contribution in [3.8, 4) is 5.75 Å². The molecule has 37 heavy (non-hydrogen) atoms. The minimum Gasteiger partial charge on any atom is -0.507 e. The molecule has 4 heteroatoms. The van der Waals surface area contributed by atoms with Crippen LogP contribution in [0.3, 0.4) is 0 Å². The van der Waals surface area contributed by atoms with Crippen LogP contribution in [-0.4, -0.2) is 5.11 Å². The Bertz CT molecular complexity index is 1460. The fourth-order valence-corrected chi connectivity index (χ4v) is 5.78. The third-order valence-electron chi connectivity index (χ3n) is 6.33. The minimum atomic E-state index is -0.259. The monoisotopic (exact) mass is 505 g/mol. The van der Waals surface area contributed by atoms with Gasteiger partial charge < -0.3 is 10.4 Å². The van der Waals surface area contributed by atoms with Crippen molar-refractivity contribution in [1.29, 1.82) is 0 Å². The van der Waals surface area contributed by atoms with E-state index in [1.165, 1.54) is 11.6 Å². The molecule has 2 N–H and O–H groups in total. The van der Waals surface area contributed by atoms with Gasteiger partial charge in [-0.1, -0.05) is 99.6 Å². The van der Waals surface area contributed by atoms with Crippen molar-refractivity contribution in [3.05, 3.63) is 155 Å². The molecule has 0 aromatic heterocycles. The Morgan fingerprint density at radius 2 is 1.22 bits per heavy atom. The lowest BCUT2D eigenvalue weighted by molar-refractivity contribution is 0.474. The molecule has 0 aliphatic carbocycles. The number of rotatable bonds is 9. The molecule has 5 aromatic carbocycles. The van der Waals surface area contributed by atoms with Gasteiger partial charge in [-0.05, 0) is 69.9 Å². The van der Waals surface area contributed by atoms with E-state index in [2.05, 4.69) is 41.7 Å². The maximum absolute atomic E-state index is 14.2. The Labute approximate surface area is 219 Å². The first-order chi connectivity index (χ1) is 18.1. The van der Waals surface area contributed by atoms with E-state index in [9.17, 15) is 9.50 Å². The van der Waals surface area contributed by atoms with E-state index in [0.717, 1.165) is 45.0 Å². The average Bonchev–Trinajstić information content (AvgIpc) is 2.93. The Balaban J connectivity index is 1.48. The van der Waals surface area contributed by atoms with Gasteiger partial charge in [0.25, 0.3) is 0 Å². The van der Waals surface area contributed by atoms with E-state index in [4.69, 9.17) is 0 Å². The van der Waals surface area contributed by atoms with Crippen LogP contribution in [0, 0.1) is 5.82 Å². The summed E-state index contributed by atoms with van der Waals surface area (Å²) in [6, 6.07) is 39.6. The minimum absolute atomic E-state index is 0.196. The summed E-state index contributed by atoms with van der Waals surface area (Å²) >= 11 is 0. The second-order valence-electron chi connectivity index (χ2n) is 9.12. The number of phenols is 1. The molecule has 0 bridgehead atoms. The summed E-state index contributed by atoms with van der Waals surface area (Å²) in [6.45, 7) is 0.505. The number of hydrogen-bond acceptors (Lipinski definition) is 2. The molecule has 0 heterocycles. The normalized spacial score (nSPS) is 11.2. The van der Waals surface area contributed by atoms with Crippen LogP contribution in [0.5, 0.6) is 5.75 Å². The topological polar surface area (TPSA) is 32.3 Å². The lowest BCUT2D eigenvalue weighted by atomic mass is 9.98. The highest BCUT2D eigenvalue weighted by atomic mass is 31.1. The van der Waals surface area contributed by atoms with Crippen molar-refractivity contribution < 1.29 is 9.50 Å². The van der Waals surface area contributed by atoms with Crippen LogP contribution in [0.25, 0.3) is 0 Å². The summed E-state index contributed by atoms with van der Waals surface area (Å²) in [7, 11) is 0.196. The smallest absolute Gasteiger partial charge is 0.126 e. The molecule has 0 aliphatic heterocycles. The molecule has 0 amide bonds. The van der Waals surface area contributed by atoms with Gasteiger partial charge in [-0.25, -0.2) is 4.39 Å². The predicted molar refractivity (Wildman–Crippen MR) is 154 cm³/mol. The van der Waals surface area contributed by atoms with Crippen LogP contribution in [0.15, 0.2) is 121 Å². The zero-order valence-electron chi connectivity index (χ0n) is 20.5. The summed E-state index contributed by atoms with van der Waals surface area (Å²) in [4.78, 5) is 0. The fourth-order valence-electron chi connectivity index (χ4n) is 4.47. The molecular weight excluding hydrogens is 476 g/mol. The molecule has 0 fully saturated rings. The molecule has 0 aliphatic rings. The highest BCUT2D eigenvalue weighted by Gasteiger charge is 2.14. The van der Waals surface area contributed by atoms with Crippen molar-refractivity contribution in [2.45, 2.75) is 19.4 Å². The molecule has 1 unspecified atom stereocenters. The number of para-hydroxylation sites is 1. The van der Waals surface area contributed by atoms with Crippen LogP contribution >= 0.6 is 8.58 Å². The van der Waals surface area contributed by atoms with Crippen LogP contribution in [0.4, 0.5) is 10.1 Å². The third kappa shape index (κ3) is 6.64. The molecule has 0 saturated carbocycles. The van der Waals surface area contributed by atoms with E-state index in [0.29, 0.717) is 18.7 Å². The van der Waals surface area contributed by atoms with Crippen LogP contribution < -0.4 is 15.9 Å². The number of halogens is 1. The maximum atomic E-state index is 14.2. The molecule has 5 rings (SSSR count). The van der Waals surface area contributed by atoms with Crippen molar-refractivity contribution >= 4 is 24.9 Å². The summed E-state index contributed by atoms with van der Waals surface area (Å²) < 4.78 is 14.2. The molecular formula is C33H29FNOP. The van der Waals surface area contributed by atoms with Crippen molar-refractivity contribution in [2.75, 3.05) is 5.32 Å². The van der Waals surface area contributed by atoms with E-state index >= 15 is 0 Å². The highest BCUT2D eigenvalue weighted by molar-refractivity contribution is 7.55. The van der Waals surface area contributed by atoms with E-state index in [1.807, 2.05) is 72.8 Å². The largest absolute Gasteiger partial charge is 0.507 e. The molecule has 0 radical (unpaired) electrons. The number of phenolic OH excluding ortho intramolecular Hbond substituents is 1. The van der Waals surface area contributed by atoms with Gasteiger partial charge in [0.15, 0.2) is 0 Å². The number of aromatic hydroxyl groups is 1. The summed E-state index contributed by atoms with van der Waals surface area (Å²) in [6.07, 6.45) is 1.44. The van der Waals surface area contributed by atoms with Gasteiger partial charge in [-0.2, -0.15) is 0 Å². The van der Waals surface area contributed by atoms with Gasteiger partial charge >= 0.3 is 0 Å². The molecule has 5 aromatic rings. The number of nitrogens with one attached hydrogen (secondary N) is 1. The lowest BCUT2D eigenvalue weighted by Gasteiger charge is -2.16. The van der Waals surface area contributed by atoms with E-state index in [-0.39, 0.29) is 14.4 Å². The first-order valence-corrected chi connectivity index (χ1v) is 13.4. The van der Waals surface area contributed by atoms with Crippen molar-refractivity contribution in [1.82, 2.24) is 0 Å². The predicted octanol–water partition coefficient (Wildman–Crippen LogP) is 6.95. The van der Waals surface area contributed by atoms with Gasteiger partial charge in [0.1, 0.15) is 11.6 Å². The first kappa shape index (κ1) is 24.7. The second kappa shape index (κ2) is 11.9. The Kier molecular flexibility index (Phi) is 7.93. The SMILES string of the molecule is Oc1c(Cc2ccccc2)cc(Cc2ccccc2)cc1Pc1ccc(F)cc1CNc1ccccc1. The van der Waals surface area contributed by atoms with Crippen LogP contribution in [0.2, 0.25) is 0 Å². The molecule has 0 saturated heterocycles. The quantitative estimate of drug-likeness (QED) is 0.212. The molecule has 2 nitrogen and oxygen atoms in total. The van der Waals surface area contributed by atoms with Gasteiger partial charge in [-0.15, -0.1) is 0 Å². The average molecular weight is 506 g/mol. The standard InChI is InChI=1S/C33H29FNOP/c34-29-16-17-31(28(22-29)23-35-30-14-8-3-9-15-30)37-32-21-26(18-24-10-4-1-5-11-24)20-27(33(32)36)19-25-12-6-2-7-13-25/h1-17,20-22,35-37H,18-19,23H2. The van der Waals surface area contributed by atoms with E-state index < -0.39 is 0 Å². The number of benzene rings is 5. The van der Waals surface area contributed by atoms with Gasteiger partial charge in [0, 0.05) is 24.0 Å². The summed E-state index contributed by atoms with van der Waals surface area (Å²) in [5, 5.41) is 16.7. The second-order valence-corrected chi connectivity index (χ2v) is 10.4. The molecule has 0 spiro atoms. The van der Waals surface area contributed by atoms with Crippen molar-refractivity contribution in [2.24, 2.45) is 0 Å². The van der Waals surface area contributed by atoms with Gasteiger partial charge in [0.05, 0.1) is 0 Å². The highest BCUT2D eigenvalue weighted by Crippen LogP contribution is 2.28. The Hall–Kier alpha value is -3.94. The van der Waals surface area contributed by atoms with Crippen LogP contribution in [-0.2, 0) is 19.4 Å². The molecule has 1 atom stereocenters. The Morgan fingerprint density at radius 3 is 1.89 bits per heavy atom. The van der Waals surface area contributed by atoms with E-state index in [1.54, 1.807) is 6.07 Å². The lowest BCUT2D eigenvalue weighted by Crippen LogP contribution is -2.14. The fraction of sp³-hybridized carbons (Fsp3) is 0.0909.